The molecule has 0 spiro atoms. The van der Waals surface area contributed by atoms with E-state index in [9.17, 15) is 8.42 Å². The Morgan fingerprint density at radius 3 is 2.22 bits per heavy atom. The van der Waals surface area contributed by atoms with Gasteiger partial charge in [-0.25, -0.2) is 8.42 Å². The molecule has 1 saturated heterocycles. The Bertz CT molecular complexity index is 320. The van der Waals surface area contributed by atoms with E-state index in [0.29, 0.717) is 18.8 Å². The maximum absolute atomic E-state index is 12.0. The van der Waals surface area contributed by atoms with Crippen molar-refractivity contribution in [1.82, 2.24) is 9.21 Å². The highest BCUT2D eigenvalue weighted by Gasteiger charge is 2.25. The second-order valence-electron chi connectivity index (χ2n) is 5.59. The van der Waals surface area contributed by atoms with E-state index in [4.69, 9.17) is 0 Å². The summed E-state index contributed by atoms with van der Waals surface area (Å²) in [4.78, 5) is 2.38. The van der Waals surface area contributed by atoms with Gasteiger partial charge in [0.1, 0.15) is 0 Å². The van der Waals surface area contributed by atoms with E-state index in [0.717, 1.165) is 38.4 Å². The highest BCUT2D eigenvalue weighted by molar-refractivity contribution is 7.89. The molecule has 0 bridgehead atoms. The Morgan fingerprint density at radius 2 is 1.72 bits per heavy atom. The van der Waals surface area contributed by atoms with Gasteiger partial charge in [-0.2, -0.15) is 4.31 Å². The zero-order chi connectivity index (χ0) is 13.6. The Hall–Kier alpha value is -0.130. The van der Waals surface area contributed by atoms with Gasteiger partial charge in [0.15, 0.2) is 0 Å². The number of hydrogen-bond donors (Lipinski definition) is 0. The van der Waals surface area contributed by atoms with Crippen LogP contribution >= 0.6 is 0 Å². The van der Waals surface area contributed by atoms with Crippen LogP contribution in [0.5, 0.6) is 0 Å². The third-order valence-electron chi connectivity index (χ3n) is 3.50. The number of sulfonamides is 1. The van der Waals surface area contributed by atoms with Crippen LogP contribution in [-0.4, -0.2) is 56.1 Å². The molecule has 1 aliphatic rings. The van der Waals surface area contributed by atoms with Crippen LogP contribution in [-0.2, 0) is 10.0 Å². The minimum Gasteiger partial charge on any atom is -0.301 e. The number of rotatable bonds is 7. The third kappa shape index (κ3) is 5.24. The summed E-state index contributed by atoms with van der Waals surface area (Å²) in [6.45, 7) is 10.7. The second kappa shape index (κ2) is 7.46. The van der Waals surface area contributed by atoms with Crippen molar-refractivity contribution in [2.24, 2.45) is 5.92 Å². The van der Waals surface area contributed by atoms with Gasteiger partial charge in [-0.3, -0.25) is 0 Å². The molecule has 108 valence electrons. The van der Waals surface area contributed by atoms with E-state index in [-0.39, 0.29) is 0 Å². The first-order chi connectivity index (χ1) is 8.45. The first-order valence-electron chi connectivity index (χ1n) is 7.16. The van der Waals surface area contributed by atoms with Gasteiger partial charge in [0.2, 0.25) is 10.0 Å². The molecule has 0 aliphatic carbocycles. The van der Waals surface area contributed by atoms with Crippen molar-refractivity contribution < 1.29 is 8.42 Å². The minimum absolute atomic E-state index is 0.315. The molecular formula is C13H28N2O2S. The normalized spacial score (nSPS) is 19.6. The van der Waals surface area contributed by atoms with Crippen LogP contribution in [0.15, 0.2) is 0 Å². The van der Waals surface area contributed by atoms with Crippen LogP contribution in [0.4, 0.5) is 0 Å². The zero-order valence-corrected chi connectivity index (χ0v) is 12.9. The van der Waals surface area contributed by atoms with Gasteiger partial charge >= 0.3 is 0 Å². The number of piperazine rings is 1. The topological polar surface area (TPSA) is 40.6 Å². The summed E-state index contributed by atoms with van der Waals surface area (Å²) in [5, 5.41) is 0. The summed E-state index contributed by atoms with van der Waals surface area (Å²) < 4.78 is 25.7. The van der Waals surface area contributed by atoms with Gasteiger partial charge in [-0.1, -0.05) is 27.2 Å². The summed E-state index contributed by atoms with van der Waals surface area (Å²) in [5.74, 6) is 1.03. The molecule has 0 aromatic carbocycles. The van der Waals surface area contributed by atoms with Crippen molar-refractivity contribution in [3.63, 3.8) is 0 Å². The van der Waals surface area contributed by atoms with E-state index < -0.39 is 10.0 Å². The molecule has 0 aromatic heterocycles. The molecule has 1 rings (SSSR count). The smallest absolute Gasteiger partial charge is 0.214 e. The number of nitrogens with zero attached hydrogens (tertiary/aromatic N) is 2. The van der Waals surface area contributed by atoms with Crippen molar-refractivity contribution in [3.05, 3.63) is 0 Å². The molecule has 0 amide bonds. The van der Waals surface area contributed by atoms with Crippen molar-refractivity contribution in [1.29, 1.82) is 0 Å². The molecule has 0 saturated carbocycles. The molecule has 0 aromatic rings. The van der Waals surface area contributed by atoms with Crippen molar-refractivity contribution in [2.45, 2.75) is 40.0 Å². The van der Waals surface area contributed by atoms with Crippen LogP contribution < -0.4 is 0 Å². The van der Waals surface area contributed by atoms with Crippen molar-refractivity contribution in [3.8, 4) is 0 Å². The fourth-order valence-corrected chi connectivity index (χ4v) is 3.76. The van der Waals surface area contributed by atoms with Crippen molar-refractivity contribution >= 4 is 10.0 Å². The van der Waals surface area contributed by atoms with E-state index in [1.807, 2.05) is 6.92 Å². The fourth-order valence-electron chi connectivity index (χ4n) is 2.13. The highest BCUT2D eigenvalue weighted by Crippen LogP contribution is 2.11. The Morgan fingerprint density at radius 1 is 1.11 bits per heavy atom. The van der Waals surface area contributed by atoms with Gasteiger partial charge < -0.3 is 4.90 Å². The largest absolute Gasteiger partial charge is 0.301 e. The monoisotopic (exact) mass is 276 g/mol. The third-order valence-corrected chi connectivity index (χ3v) is 5.46. The summed E-state index contributed by atoms with van der Waals surface area (Å²) in [6, 6.07) is 0. The quantitative estimate of drug-likeness (QED) is 0.712. The second-order valence-corrected chi connectivity index (χ2v) is 7.68. The van der Waals surface area contributed by atoms with Gasteiger partial charge in [0.25, 0.3) is 0 Å². The molecule has 0 N–H and O–H groups in total. The number of unbranched alkanes of at least 4 members (excludes halogenated alkanes) is 1. The SMILES string of the molecule is CCCCS(=O)(=O)N1CCN(CCC(C)C)CC1. The molecule has 0 atom stereocenters. The van der Waals surface area contributed by atoms with Gasteiger partial charge in [-0.05, 0) is 25.3 Å². The first kappa shape index (κ1) is 15.9. The minimum atomic E-state index is -2.99. The summed E-state index contributed by atoms with van der Waals surface area (Å²) >= 11 is 0. The molecule has 1 aliphatic heterocycles. The van der Waals surface area contributed by atoms with Crippen LogP contribution in [0, 0.1) is 5.92 Å². The van der Waals surface area contributed by atoms with Gasteiger partial charge in [-0.15, -0.1) is 0 Å². The molecule has 0 unspecified atom stereocenters. The van der Waals surface area contributed by atoms with E-state index in [1.165, 1.54) is 6.42 Å². The lowest BCUT2D eigenvalue weighted by atomic mass is 10.1. The summed E-state index contributed by atoms with van der Waals surface area (Å²) in [5.41, 5.74) is 0. The van der Waals surface area contributed by atoms with Crippen LogP contribution in [0.1, 0.15) is 40.0 Å². The first-order valence-corrected chi connectivity index (χ1v) is 8.76. The highest BCUT2D eigenvalue weighted by atomic mass is 32.2. The fraction of sp³-hybridized carbons (Fsp3) is 1.00. The average Bonchev–Trinajstić information content (AvgIpc) is 2.34. The number of hydrogen-bond acceptors (Lipinski definition) is 3. The molecule has 4 nitrogen and oxygen atoms in total. The predicted molar refractivity (Wildman–Crippen MR) is 76.2 cm³/mol. The van der Waals surface area contributed by atoms with Crippen molar-refractivity contribution in [2.75, 3.05) is 38.5 Å². The molecule has 1 fully saturated rings. The molecule has 18 heavy (non-hydrogen) atoms. The summed E-state index contributed by atoms with van der Waals surface area (Å²) in [7, 11) is -2.99. The molecule has 5 heteroatoms. The maximum Gasteiger partial charge on any atom is 0.214 e. The van der Waals surface area contributed by atoms with Crippen LogP contribution in [0.2, 0.25) is 0 Å². The lowest BCUT2D eigenvalue weighted by molar-refractivity contribution is 0.180. The van der Waals surface area contributed by atoms with E-state index in [2.05, 4.69) is 18.7 Å². The van der Waals surface area contributed by atoms with Gasteiger partial charge in [0.05, 0.1) is 5.75 Å². The molecular weight excluding hydrogens is 248 g/mol. The van der Waals surface area contributed by atoms with Crippen LogP contribution in [0.3, 0.4) is 0 Å². The predicted octanol–water partition coefficient (Wildman–Crippen LogP) is 1.78. The van der Waals surface area contributed by atoms with Gasteiger partial charge in [0, 0.05) is 26.2 Å². The Kier molecular flexibility index (Phi) is 6.60. The standard InChI is InChI=1S/C13H28N2O2S/c1-4-5-12-18(16,17)15-10-8-14(9-11-15)7-6-13(2)3/h13H,4-12H2,1-3H3. The molecule has 0 radical (unpaired) electrons. The van der Waals surface area contributed by atoms with Crippen LogP contribution in [0.25, 0.3) is 0 Å². The average molecular weight is 276 g/mol. The van der Waals surface area contributed by atoms with E-state index in [1.54, 1.807) is 4.31 Å². The Labute approximate surface area is 112 Å². The zero-order valence-electron chi connectivity index (χ0n) is 12.1. The van der Waals surface area contributed by atoms with E-state index >= 15 is 0 Å². The summed E-state index contributed by atoms with van der Waals surface area (Å²) in [6.07, 6.45) is 2.91. The maximum atomic E-state index is 12.0. The Balaban J connectivity index is 2.34. The molecule has 1 heterocycles. The lowest BCUT2D eigenvalue weighted by Crippen LogP contribution is -2.49. The lowest BCUT2D eigenvalue weighted by Gasteiger charge is -2.34.